The fourth-order valence-electron chi connectivity index (χ4n) is 0.216. The van der Waals surface area contributed by atoms with Gasteiger partial charge in [-0.25, -0.2) is 0 Å². The van der Waals surface area contributed by atoms with E-state index < -0.39 is 6.72 Å². The van der Waals surface area contributed by atoms with Gasteiger partial charge < -0.3 is 4.52 Å². The smallest absolute Gasteiger partial charge is 0.313 e. The molecule has 0 bridgehead atoms. The Balaban J connectivity index is 3.88. The van der Waals surface area contributed by atoms with E-state index in [9.17, 15) is 9.36 Å². The number of hydrogen-bond donors (Lipinski definition) is 1. The fourth-order valence-corrected chi connectivity index (χ4v) is 1.95. The number of hydrogen-bond acceptors (Lipinski definition) is 4. The van der Waals surface area contributed by atoms with Gasteiger partial charge in [-0.05, 0) is 0 Å². The fraction of sp³-hybridized carbons (Fsp3) is 0.667. The van der Waals surface area contributed by atoms with Crippen LogP contribution in [0, 0.1) is 0 Å². The summed E-state index contributed by atoms with van der Waals surface area (Å²) in [5, 5.41) is -0.303. The van der Waals surface area contributed by atoms with E-state index >= 15 is 0 Å². The minimum absolute atomic E-state index is 0.303. The van der Waals surface area contributed by atoms with E-state index in [1.807, 2.05) is 0 Å². The van der Waals surface area contributed by atoms with Crippen molar-refractivity contribution < 1.29 is 13.9 Å². The van der Waals surface area contributed by atoms with Gasteiger partial charge in [-0.2, -0.15) is 0 Å². The highest BCUT2D eigenvalue weighted by Crippen LogP contribution is 2.51. The van der Waals surface area contributed by atoms with Crippen molar-refractivity contribution >= 4 is 23.2 Å². The van der Waals surface area contributed by atoms with Crippen LogP contribution in [0.2, 0.25) is 0 Å². The van der Waals surface area contributed by atoms with Crippen LogP contribution in [0.1, 0.15) is 6.92 Å². The zero-order valence-corrected chi connectivity index (χ0v) is 6.87. The van der Waals surface area contributed by atoms with Gasteiger partial charge in [-0.15, -0.1) is 0 Å². The maximum Gasteiger partial charge on any atom is 0.331 e. The predicted molar refractivity (Wildman–Crippen MR) is 37.1 cm³/mol. The average Bonchev–Trinajstić information content (AvgIpc) is 1.63. The van der Waals surface area contributed by atoms with Crippen LogP contribution in [-0.4, -0.2) is 12.2 Å². The zero-order valence-electron chi connectivity index (χ0n) is 5.16. The number of rotatable bonds is 2. The van der Waals surface area contributed by atoms with E-state index in [0.717, 1.165) is 0 Å². The van der Waals surface area contributed by atoms with Gasteiger partial charge in [0.25, 0.3) is 0 Å². The molecule has 0 aliphatic rings. The lowest BCUT2D eigenvalue weighted by Crippen LogP contribution is -1.94. The lowest BCUT2D eigenvalue weighted by Gasteiger charge is -2.04. The molecule has 0 aromatic rings. The Morgan fingerprint density at radius 3 is 2.33 bits per heavy atom. The first-order valence-electron chi connectivity index (χ1n) is 2.12. The second-order valence-electron chi connectivity index (χ2n) is 1.31. The Labute approximate surface area is 57.4 Å². The van der Waals surface area contributed by atoms with Crippen LogP contribution >= 0.6 is 18.1 Å². The summed E-state index contributed by atoms with van der Waals surface area (Å²) >= 11 is 0.529. The first-order valence-corrected chi connectivity index (χ1v) is 5.24. The molecule has 0 spiro atoms. The maximum absolute atomic E-state index is 10.7. The van der Waals surface area contributed by atoms with Crippen molar-refractivity contribution in [3.05, 3.63) is 0 Å². The van der Waals surface area contributed by atoms with Crippen molar-refractivity contribution in [2.45, 2.75) is 6.92 Å². The highest BCUT2D eigenvalue weighted by Gasteiger charge is 2.17. The molecule has 6 heteroatoms. The van der Waals surface area contributed by atoms with Crippen molar-refractivity contribution in [1.29, 1.82) is 0 Å². The van der Waals surface area contributed by atoms with Gasteiger partial charge in [0.15, 0.2) is 5.12 Å². The Bertz CT molecular complexity index is 159. The molecule has 0 saturated carbocycles. The van der Waals surface area contributed by atoms with Gasteiger partial charge in [0.2, 0.25) is 0 Å². The molecule has 0 amide bonds. The predicted octanol–water partition coefficient (Wildman–Crippen LogP) is 0.979. The van der Waals surface area contributed by atoms with Crippen molar-refractivity contribution in [3.63, 3.8) is 0 Å². The van der Waals surface area contributed by atoms with Crippen LogP contribution in [0.15, 0.2) is 0 Å². The highest BCUT2D eigenvalue weighted by atomic mass is 32.7. The summed E-state index contributed by atoms with van der Waals surface area (Å²) in [6.45, 7) is -1.88. The topological polar surface area (TPSA) is 69.4 Å². The van der Waals surface area contributed by atoms with Crippen LogP contribution in [0.25, 0.3) is 0 Å². The van der Waals surface area contributed by atoms with Gasteiger partial charge in [-0.1, -0.05) is 0 Å². The van der Waals surface area contributed by atoms with E-state index in [1.165, 1.54) is 14.0 Å². The number of nitrogens with two attached hydrogens (primary N) is 1. The molecule has 0 heterocycles. The summed E-state index contributed by atoms with van der Waals surface area (Å²) in [4.78, 5) is 10.2. The summed E-state index contributed by atoms with van der Waals surface area (Å²) in [7, 11) is 1.21. The minimum Gasteiger partial charge on any atom is -0.313 e. The number of carbonyl (C=O) groups is 1. The van der Waals surface area contributed by atoms with E-state index in [-0.39, 0.29) is 5.12 Å². The van der Waals surface area contributed by atoms with E-state index in [2.05, 4.69) is 4.52 Å². The molecule has 0 aromatic heterocycles. The lowest BCUT2D eigenvalue weighted by molar-refractivity contribution is -0.109. The number of carbonyl (C=O) groups excluding carboxylic acids is 1. The Morgan fingerprint density at radius 2 is 2.22 bits per heavy atom. The Hall–Kier alpha value is 0.170. The molecule has 1 atom stereocenters. The first kappa shape index (κ1) is 9.17. The van der Waals surface area contributed by atoms with Gasteiger partial charge in [0.1, 0.15) is 0 Å². The standard InChI is InChI=1S/C3H8NO3PS/c1-3(5)9-8(4,6)7-2/h1-2H3,(H2,4,6). The molecule has 0 aliphatic heterocycles. The molecule has 0 saturated heterocycles. The molecule has 0 radical (unpaired) electrons. The normalized spacial score (nSPS) is 16.8. The summed E-state index contributed by atoms with van der Waals surface area (Å²) in [5.74, 6) is 0. The van der Waals surface area contributed by atoms with Crippen molar-refractivity contribution in [1.82, 2.24) is 0 Å². The molecule has 54 valence electrons. The maximum atomic E-state index is 10.7. The van der Waals surface area contributed by atoms with Gasteiger partial charge in [0.05, 0.1) is 0 Å². The van der Waals surface area contributed by atoms with E-state index in [0.29, 0.717) is 11.4 Å². The monoisotopic (exact) mass is 169 g/mol. The van der Waals surface area contributed by atoms with Crippen LogP contribution in [0.3, 0.4) is 0 Å². The third kappa shape index (κ3) is 4.66. The lowest BCUT2D eigenvalue weighted by atomic mass is 10.9. The molecule has 2 N–H and O–H groups in total. The first-order chi connectivity index (χ1) is 3.98. The highest BCUT2D eigenvalue weighted by molar-refractivity contribution is 8.63. The Morgan fingerprint density at radius 1 is 1.78 bits per heavy atom. The zero-order chi connectivity index (χ0) is 7.49. The second kappa shape index (κ2) is 3.37. The van der Waals surface area contributed by atoms with Gasteiger partial charge >= 0.3 is 6.72 Å². The average molecular weight is 169 g/mol. The summed E-state index contributed by atoms with van der Waals surface area (Å²) in [6.07, 6.45) is 0. The van der Waals surface area contributed by atoms with Gasteiger partial charge in [-0.3, -0.25) is 14.9 Å². The van der Waals surface area contributed by atoms with Crippen LogP contribution in [-0.2, 0) is 13.9 Å². The van der Waals surface area contributed by atoms with E-state index in [1.54, 1.807) is 0 Å². The molecule has 9 heavy (non-hydrogen) atoms. The molecular formula is C3H8NO3PS. The SMILES string of the molecule is COP(N)(=O)SC(C)=O. The summed E-state index contributed by atoms with van der Waals surface area (Å²) in [5.41, 5.74) is 4.99. The van der Waals surface area contributed by atoms with Crippen LogP contribution < -0.4 is 5.50 Å². The molecule has 1 unspecified atom stereocenters. The Kier molecular flexibility index (Phi) is 3.43. The third-order valence-corrected chi connectivity index (χ3v) is 3.51. The molecular weight excluding hydrogens is 161 g/mol. The summed E-state index contributed by atoms with van der Waals surface area (Å²) < 4.78 is 15.0. The largest absolute Gasteiger partial charge is 0.331 e. The van der Waals surface area contributed by atoms with Crippen LogP contribution in [0.5, 0.6) is 0 Å². The molecule has 4 nitrogen and oxygen atoms in total. The molecule has 0 rings (SSSR count). The van der Waals surface area contributed by atoms with Crippen LogP contribution in [0.4, 0.5) is 0 Å². The third-order valence-electron chi connectivity index (χ3n) is 0.510. The van der Waals surface area contributed by atoms with E-state index in [4.69, 9.17) is 5.50 Å². The summed E-state index contributed by atoms with van der Waals surface area (Å²) in [6, 6.07) is 0. The minimum atomic E-state index is -3.16. The molecule has 0 fully saturated rings. The second-order valence-corrected chi connectivity index (χ2v) is 5.58. The molecule has 0 aromatic carbocycles. The van der Waals surface area contributed by atoms with Crippen molar-refractivity contribution in [2.24, 2.45) is 5.50 Å². The van der Waals surface area contributed by atoms with Crippen molar-refractivity contribution in [2.75, 3.05) is 7.11 Å². The van der Waals surface area contributed by atoms with Gasteiger partial charge in [0, 0.05) is 25.4 Å². The molecule has 0 aliphatic carbocycles. The van der Waals surface area contributed by atoms with Crippen molar-refractivity contribution in [3.8, 4) is 0 Å². The quantitative estimate of drug-likeness (QED) is 0.624.